The van der Waals surface area contributed by atoms with Gasteiger partial charge < -0.3 is 9.32 Å². The average Bonchev–Trinajstić information content (AvgIpc) is 2.95. The van der Waals surface area contributed by atoms with Crippen molar-refractivity contribution in [3.63, 3.8) is 0 Å². The van der Waals surface area contributed by atoms with Crippen LogP contribution in [0.4, 0.5) is 0 Å². The van der Waals surface area contributed by atoms with E-state index in [2.05, 4.69) is 15.2 Å². The number of furan rings is 1. The number of aromatic amines is 1. The Kier molecular flexibility index (Phi) is 3.30. The number of rotatable bonds is 5. The van der Waals surface area contributed by atoms with E-state index in [0.29, 0.717) is 6.54 Å². The highest BCUT2D eigenvalue weighted by Crippen LogP contribution is 2.29. The van der Waals surface area contributed by atoms with Crippen molar-refractivity contribution in [2.24, 2.45) is 0 Å². The predicted molar refractivity (Wildman–Crippen MR) is 72.1 cm³/mol. The first-order chi connectivity index (χ1) is 9.65. The van der Waals surface area contributed by atoms with E-state index < -0.39 is 0 Å². The molecule has 1 aliphatic carbocycles. The number of amides is 1. The molecule has 106 valence electrons. The van der Waals surface area contributed by atoms with Crippen molar-refractivity contribution in [2.45, 2.75) is 45.2 Å². The van der Waals surface area contributed by atoms with Crippen LogP contribution in [0.2, 0.25) is 0 Å². The zero-order valence-electron chi connectivity index (χ0n) is 11.7. The average molecular weight is 274 g/mol. The molecule has 0 spiro atoms. The van der Waals surface area contributed by atoms with Crippen molar-refractivity contribution < 1.29 is 9.21 Å². The van der Waals surface area contributed by atoms with Gasteiger partial charge in [-0.2, -0.15) is 0 Å². The van der Waals surface area contributed by atoms with E-state index in [1.165, 1.54) is 0 Å². The summed E-state index contributed by atoms with van der Waals surface area (Å²) in [6, 6.07) is 3.99. The van der Waals surface area contributed by atoms with Crippen LogP contribution in [0.5, 0.6) is 0 Å². The molecule has 20 heavy (non-hydrogen) atoms. The summed E-state index contributed by atoms with van der Waals surface area (Å²) < 4.78 is 5.33. The summed E-state index contributed by atoms with van der Waals surface area (Å²) in [6.45, 7) is 4.49. The van der Waals surface area contributed by atoms with E-state index in [9.17, 15) is 4.79 Å². The molecule has 0 atom stereocenters. The molecule has 6 nitrogen and oxygen atoms in total. The molecular formula is C14H18N4O2. The Morgan fingerprint density at radius 2 is 2.35 bits per heavy atom. The fourth-order valence-electron chi connectivity index (χ4n) is 2.08. The fourth-order valence-corrected chi connectivity index (χ4v) is 2.08. The van der Waals surface area contributed by atoms with Gasteiger partial charge in [0.05, 0.1) is 12.8 Å². The van der Waals surface area contributed by atoms with Gasteiger partial charge in [-0.3, -0.25) is 9.89 Å². The van der Waals surface area contributed by atoms with Gasteiger partial charge >= 0.3 is 0 Å². The second kappa shape index (κ2) is 5.11. The van der Waals surface area contributed by atoms with Crippen LogP contribution in [0.25, 0.3) is 0 Å². The molecule has 1 saturated carbocycles. The second-order valence-corrected chi connectivity index (χ2v) is 5.44. The summed E-state index contributed by atoms with van der Waals surface area (Å²) in [7, 11) is 0. The topological polar surface area (TPSA) is 75.0 Å². The molecule has 2 heterocycles. The summed E-state index contributed by atoms with van der Waals surface area (Å²) >= 11 is 0. The number of hydrogen-bond acceptors (Lipinski definition) is 4. The van der Waals surface area contributed by atoms with Crippen molar-refractivity contribution in [1.82, 2.24) is 20.1 Å². The zero-order valence-corrected chi connectivity index (χ0v) is 11.7. The van der Waals surface area contributed by atoms with Gasteiger partial charge in [-0.05, 0) is 25.0 Å². The minimum Gasteiger partial charge on any atom is -0.467 e. The third-order valence-electron chi connectivity index (χ3n) is 3.40. The predicted octanol–water partition coefficient (Wildman–Crippen LogP) is 2.33. The highest BCUT2D eigenvalue weighted by atomic mass is 16.3. The Hall–Kier alpha value is -2.11. The second-order valence-electron chi connectivity index (χ2n) is 5.44. The van der Waals surface area contributed by atoms with Gasteiger partial charge in [-0.1, -0.05) is 13.8 Å². The van der Waals surface area contributed by atoms with Gasteiger partial charge in [-0.15, -0.1) is 5.10 Å². The van der Waals surface area contributed by atoms with Crippen LogP contribution in [0, 0.1) is 0 Å². The first-order valence-corrected chi connectivity index (χ1v) is 6.91. The standard InChI is InChI=1S/C14H18N4O2/c1-9(2)12-15-13(17-16-12)14(19)18(10-5-6-10)8-11-4-3-7-20-11/h3-4,7,9-10H,5-6,8H2,1-2H3,(H,15,16,17). The molecule has 1 aliphatic rings. The SMILES string of the molecule is CC(C)c1nc(C(=O)N(Cc2ccco2)C2CC2)n[nH]1. The molecular weight excluding hydrogens is 256 g/mol. The van der Waals surface area contributed by atoms with Crippen LogP contribution in [0.1, 0.15) is 54.8 Å². The van der Waals surface area contributed by atoms with Crippen molar-refractivity contribution in [2.75, 3.05) is 0 Å². The largest absolute Gasteiger partial charge is 0.467 e. The lowest BCUT2D eigenvalue weighted by Crippen LogP contribution is -2.33. The number of nitrogens with one attached hydrogen (secondary N) is 1. The molecule has 0 radical (unpaired) electrons. The number of hydrogen-bond donors (Lipinski definition) is 1. The normalized spacial score (nSPS) is 14.8. The maximum atomic E-state index is 12.5. The van der Waals surface area contributed by atoms with Crippen molar-refractivity contribution in [1.29, 1.82) is 0 Å². The zero-order chi connectivity index (χ0) is 14.1. The highest BCUT2D eigenvalue weighted by molar-refractivity contribution is 5.90. The third kappa shape index (κ3) is 2.59. The first-order valence-electron chi connectivity index (χ1n) is 6.91. The fraction of sp³-hybridized carbons (Fsp3) is 0.500. The third-order valence-corrected chi connectivity index (χ3v) is 3.40. The van der Waals surface area contributed by atoms with Crippen LogP contribution in [-0.2, 0) is 6.54 Å². The minimum absolute atomic E-state index is 0.132. The van der Waals surface area contributed by atoms with E-state index >= 15 is 0 Å². The summed E-state index contributed by atoms with van der Waals surface area (Å²) in [6.07, 6.45) is 3.69. The first kappa shape index (κ1) is 12.9. The highest BCUT2D eigenvalue weighted by Gasteiger charge is 2.35. The van der Waals surface area contributed by atoms with E-state index in [1.807, 2.05) is 26.0 Å². The lowest BCUT2D eigenvalue weighted by molar-refractivity contribution is 0.0705. The molecule has 0 aromatic carbocycles. The quantitative estimate of drug-likeness (QED) is 0.908. The molecule has 0 aliphatic heterocycles. The van der Waals surface area contributed by atoms with Gasteiger partial charge in [-0.25, -0.2) is 4.98 Å². The lowest BCUT2D eigenvalue weighted by atomic mass is 10.2. The van der Waals surface area contributed by atoms with Crippen LogP contribution >= 0.6 is 0 Å². The summed E-state index contributed by atoms with van der Waals surface area (Å²) in [5.74, 6) is 1.86. The van der Waals surface area contributed by atoms with Gasteiger partial charge in [0.1, 0.15) is 11.6 Å². The molecule has 1 amide bonds. The monoisotopic (exact) mass is 274 g/mol. The molecule has 3 rings (SSSR count). The lowest BCUT2D eigenvalue weighted by Gasteiger charge is -2.19. The molecule has 2 aromatic rings. The van der Waals surface area contributed by atoms with Crippen LogP contribution in [0.15, 0.2) is 22.8 Å². The molecule has 1 fully saturated rings. The van der Waals surface area contributed by atoms with Gasteiger partial charge in [0.2, 0.25) is 5.82 Å². The van der Waals surface area contributed by atoms with Crippen molar-refractivity contribution >= 4 is 5.91 Å². The van der Waals surface area contributed by atoms with E-state index in [-0.39, 0.29) is 23.7 Å². The summed E-state index contributed by atoms with van der Waals surface area (Å²) in [5, 5.41) is 6.87. The van der Waals surface area contributed by atoms with Gasteiger partial charge in [0.25, 0.3) is 5.91 Å². The number of nitrogens with zero attached hydrogens (tertiary/aromatic N) is 3. The van der Waals surface area contributed by atoms with Gasteiger partial charge in [0.15, 0.2) is 0 Å². The van der Waals surface area contributed by atoms with Crippen LogP contribution in [0.3, 0.4) is 0 Å². The van der Waals surface area contributed by atoms with Crippen molar-refractivity contribution in [3.05, 3.63) is 35.8 Å². The Balaban J connectivity index is 1.78. The molecule has 1 N–H and O–H groups in total. The summed E-state index contributed by atoms with van der Waals surface area (Å²) in [4.78, 5) is 18.6. The number of carbonyl (C=O) groups is 1. The number of carbonyl (C=O) groups excluding carboxylic acids is 1. The van der Waals surface area contributed by atoms with Crippen LogP contribution in [-0.4, -0.2) is 32.0 Å². The van der Waals surface area contributed by atoms with Crippen LogP contribution < -0.4 is 0 Å². The maximum Gasteiger partial charge on any atom is 0.294 e. The molecule has 0 unspecified atom stereocenters. The number of aromatic nitrogens is 3. The maximum absolute atomic E-state index is 12.5. The van der Waals surface area contributed by atoms with E-state index in [0.717, 1.165) is 24.4 Å². The van der Waals surface area contributed by atoms with Gasteiger partial charge in [0, 0.05) is 12.0 Å². The Morgan fingerprint density at radius 1 is 1.55 bits per heavy atom. The Bertz CT molecular complexity index is 584. The minimum atomic E-state index is -0.132. The Labute approximate surface area is 117 Å². The summed E-state index contributed by atoms with van der Waals surface area (Å²) in [5.41, 5.74) is 0. The molecule has 2 aromatic heterocycles. The Morgan fingerprint density at radius 3 is 2.90 bits per heavy atom. The number of H-pyrrole nitrogens is 1. The molecule has 0 saturated heterocycles. The van der Waals surface area contributed by atoms with E-state index in [1.54, 1.807) is 11.2 Å². The molecule has 6 heteroatoms. The smallest absolute Gasteiger partial charge is 0.294 e. The van der Waals surface area contributed by atoms with Crippen molar-refractivity contribution in [3.8, 4) is 0 Å². The van der Waals surface area contributed by atoms with E-state index in [4.69, 9.17) is 4.42 Å². The molecule has 0 bridgehead atoms.